The fraction of sp³-hybridized carbons (Fsp3) is 0.250. The maximum atomic E-state index is 13.6. The van der Waals surface area contributed by atoms with Gasteiger partial charge in [-0.05, 0) is 60.2 Å². The minimum atomic E-state index is -1.01. The Kier molecular flexibility index (Phi) is 9.45. The summed E-state index contributed by atoms with van der Waals surface area (Å²) in [7, 11) is 0. The van der Waals surface area contributed by atoms with Gasteiger partial charge in [-0.25, -0.2) is 0 Å². The number of halogens is 1. The van der Waals surface area contributed by atoms with Crippen molar-refractivity contribution in [1.29, 1.82) is 0 Å². The van der Waals surface area contributed by atoms with Crippen molar-refractivity contribution in [3.05, 3.63) is 112 Å². The second-order valence-electron chi connectivity index (χ2n) is 9.69. The number of rotatable bonds is 10. The Hall–Kier alpha value is -4.03. The Balaban J connectivity index is 1.56. The van der Waals surface area contributed by atoms with Crippen LogP contribution in [0.5, 0.6) is 0 Å². The van der Waals surface area contributed by atoms with Gasteiger partial charge in [0, 0.05) is 33.8 Å². The van der Waals surface area contributed by atoms with Gasteiger partial charge in [0.05, 0.1) is 6.42 Å². The molecule has 0 spiro atoms. The molecule has 4 rings (SSSR count). The summed E-state index contributed by atoms with van der Waals surface area (Å²) in [5.41, 5.74) is 3.11. The van der Waals surface area contributed by atoms with E-state index < -0.39 is 11.9 Å². The molecule has 0 atom stereocenters. The number of amides is 1. The molecular weight excluding hydrogens is 514 g/mol. The van der Waals surface area contributed by atoms with Gasteiger partial charge >= 0.3 is 5.97 Å². The fourth-order valence-electron chi connectivity index (χ4n) is 4.79. The van der Waals surface area contributed by atoms with E-state index in [2.05, 4.69) is 5.32 Å². The van der Waals surface area contributed by atoms with Crippen molar-refractivity contribution in [3.63, 3.8) is 0 Å². The van der Waals surface area contributed by atoms with Gasteiger partial charge < -0.3 is 10.4 Å². The summed E-state index contributed by atoms with van der Waals surface area (Å²) in [6, 6.07) is 20.4. The molecule has 0 aliphatic heterocycles. The highest BCUT2D eigenvalue weighted by Crippen LogP contribution is 2.32. The van der Waals surface area contributed by atoms with Gasteiger partial charge in [0.1, 0.15) is 0 Å². The average molecular weight is 544 g/mol. The average Bonchev–Trinajstić information content (AvgIpc) is 2.96. The van der Waals surface area contributed by atoms with Gasteiger partial charge in [0.25, 0.3) is 5.91 Å². The first-order valence-electron chi connectivity index (χ1n) is 13.1. The summed E-state index contributed by atoms with van der Waals surface area (Å²) in [5.74, 6) is -1.56. The number of carboxylic acid groups (broad SMARTS) is 1. The molecule has 1 fully saturated rings. The van der Waals surface area contributed by atoms with Gasteiger partial charge in [-0.1, -0.05) is 79.4 Å². The molecule has 200 valence electrons. The smallest absolute Gasteiger partial charge is 0.305 e. The molecule has 0 bridgehead atoms. The van der Waals surface area contributed by atoms with E-state index in [1.807, 2.05) is 24.3 Å². The lowest BCUT2D eigenvalue weighted by Gasteiger charge is -2.21. The van der Waals surface area contributed by atoms with Gasteiger partial charge in [-0.2, -0.15) is 0 Å². The Morgan fingerprint density at radius 3 is 1.95 bits per heavy atom. The first kappa shape index (κ1) is 28.0. The lowest BCUT2D eigenvalue weighted by molar-refractivity contribution is -0.136. The number of carbonyl (C=O) groups is 4. The van der Waals surface area contributed by atoms with Crippen molar-refractivity contribution in [1.82, 2.24) is 5.32 Å². The summed E-state index contributed by atoms with van der Waals surface area (Å²) in [6.07, 6.45) is 7.26. The van der Waals surface area contributed by atoms with Crippen molar-refractivity contribution >= 4 is 40.6 Å². The van der Waals surface area contributed by atoms with E-state index in [1.165, 1.54) is 68.0 Å². The number of hydrogen-bond acceptors (Lipinski definition) is 4. The minimum absolute atomic E-state index is 0.00203. The second kappa shape index (κ2) is 13.2. The van der Waals surface area contributed by atoms with Crippen LogP contribution in [0.15, 0.2) is 78.9 Å². The van der Waals surface area contributed by atoms with Gasteiger partial charge in [0.15, 0.2) is 11.6 Å². The molecule has 3 aromatic carbocycles. The predicted molar refractivity (Wildman–Crippen MR) is 151 cm³/mol. The van der Waals surface area contributed by atoms with Crippen LogP contribution in [0.1, 0.15) is 86.6 Å². The van der Waals surface area contributed by atoms with Crippen molar-refractivity contribution in [2.45, 2.75) is 44.4 Å². The van der Waals surface area contributed by atoms with Crippen LogP contribution in [0.4, 0.5) is 0 Å². The van der Waals surface area contributed by atoms with Crippen LogP contribution in [-0.4, -0.2) is 35.1 Å². The van der Waals surface area contributed by atoms with E-state index in [4.69, 9.17) is 16.7 Å². The van der Waals surface area contributed by atoms with Crippen LogP contribution < -0.4 is 5.32 Å². The number of aliphatic carboxylic acids is 1. The first-order valence-corrected chi connectivity index (χ1v) is 13.5. The monoisotopic (exact) mass is 543 g/mol. The van der Waals surface area contributed by atoms with Gasteiger partial charge in [0.2, 0.25) is 0 Å². The van der Waals surface area contributed by atoms with Crippen LogP contribution in [0, 0.1) is 0 Å². The molecule has 1 aliphatic carbocycles. The van der Waals surface area contributed by atoms with E-state index in [1.54, 1.807) is 24.3 Å². The minimum Gasteiger partial charge on any atom is -0.481 e. The highest BCUT2D eigenvalue weighted by atomic mass is 35.5. The number of allylic oxidation sites excluding steroid dienone is 2. The molecule has 0 radical (unpaired) electrons. The Morgan fingerprint density at radius 1 is 0.769 bits per heavy atom. The van der Waals surface area contributed by atoms with Crippen LogP contribution in [0.25, 0.3) is 5.57 Å². The zero-order chi connectivity index (χ0) is 27.8. The molecule has 1 amide bonds. The SMILES string of the molecule is O=C(O)CCNC(=O)c1ccc(C(=O)C(=CC(=O)c2ccc(C3CCCCC3)cc2)c2ccc(Cl)cc2)cc1. The molecule has 7 heteroatoms. The standard InChI is InChI=1S/C32H30ClNO5/c33-27-16-14-23(15-17-27)28(20-29(35)24-8-6-22(7-9-24)21-4-2-1-3-5-21)31(38)25-10-12-26(13-11-25)32(39)34-19-18-30(36)37/h6-17,20-21H,1-5,18-19H2,(H,34,39)(H,36,37). The fourth-order valence-corrected chi connectivity index (χ4v) is 4.92. The van der Waals surface area contributed by atoms with E-state index in [-0.39, 0.29) is 30.1 Å². The normalized spacial score (nSPS) is 14.0. The van der Waals surface area contributed by atoms with Crippen LogP contribution >= 0.6 is 11.6 Å². The zero-order valence-corrected chi connectivity index (χ0v) is 22.2. The summed E-state index contributed by atoms with van der Waals surface area (Å²) < 4.78 is 0. The predicted octanol–water partition coefficient (Wildman–Crippen LogP) is 6.74. The maximum absolute atomic E-state index is 13.6. The highest BCUT2D eigenvalue weighted by molar-refractivity contribution is 6.33. The quantitative estimate of drug-likeness (QED) is 0.218. The molecule has 0 aromatic heterocycles. The van der Waals surface area contributed by atoms with Crippen molar-refractivity contribution in [2.24, 2.45) is 0 Å². The molecule has 0 unspecified atom stereocenters. The van der Waals surface area contributed by atoms with Crippen molar-refractivity contribution in [3.8, 4) is 0 Å². The third-order valence-electron chi connectivity index (χ3n) is 6.98. The maximum Gasteiger partial charge on any atom is 0.305 e. The number of hydrogen-bond donors (Lipinski definition) is 2. The molecule has 1 aliphatic rings. The molecule has 1 saturated carbocycles. The largest absolute Gasteiger partial charge is 0.481 e. The van der Waals surface area contributed by atoms with E-state index in [0.717, 1.165) is 0 Å². The zero-order valence-electron chi connectivity index (χ0n) is 21.5. The van der Waals surface area contributed by atoms with Gasteiger partial charge in [-0.15, -0.1) is 0 Å². The molecule has 6 nitrogen and oxygen atoms in total. The van der Waals surface area contributed by atoms with Crippen LogP contribution in [0.2, 0.25) is 5.02 Å². The summed E-state index contributed by atoms with van der Waals surface area (Å²) >= 11 is 6.05. The van der Waals surface area contributed by atoms with E-state index in [0.29, 0.717) is 33.2 Å². The highest BCUT2D eigenvalue weighted by Gasteiger charge is 2.19. The Bertz CT molecular complexity index is 1370. The molecule has 39 heavy (non-hydrogen) atoms. The molecule has 2 N–H and O–H groups in total. The molecule has 3 aromatic rings. The lowest BCUT2D eigenvalue weighted by atomic mass is 9.84. The number of Topliss-reactive ketones (excluding diaryl/α,β-unsaturated/α-hetero) is 1. The molecule has 0 heterocycles. The topological polar surface area (TPSA) is 101 Å². The molecular formula is C32H30ClNO5. The lowest BCUT2D eigenvalue weighted by Crippen LogP contribution is -2.26. The number of carbonyl (C=O) groups excluding carboxylic acids is 3. The van der Waals surface area contributed by atoms with Gasteiger partial charge in [-0.3, -0.25) is 19.2 Å². The van der Waals surface area contributed by atoms with Crippen LogP contribution in [0.3, 0.4) is 0 Å². The Labute approximate surface area is 232 Å². The van der Waals surface area contributed by atoms with E-state index in [9.17, 15) is 19.2 Å². The van der Waals surface area contributed by atoms with E-state index >= 15 is 0 Å². The summed E-state index contributed by atoms with van der Waals surface area (Å²) in [5, 5.41) is 11.8. The third kappa shape index (κ3) is 7.52. The number of nitrogens with one attached hydrogen (secondary N) is 1. The van der Waals surface area contributed by atoms with Crippen LogP contribution in [-0.2, 0) is 4.79 Å². The third-order valence-corrected chi connectivity index (χ3v) is 7.23. The number of ketones is 2. The van der Waals surface area contributed by atoms with Crippen molar-refractivity contribution < 1.29 is 24.3 Å². The number of benzene rings is 3. The molecule has 0 saturated heterocycles. The first-order chi connectivity index (χ1) is 18.8. The summed E-state index contributed by atoms with van der Waals surface area (Å²) in [6.45, 7) is 0.00203. The Morgan fingerprint density at radius 2 is 1.33 bits per heavy atom. The van der Waals surface area contributed by atoms with Crippen molar-refractivity contribution in [2.75, 3.05) is 6.54 Å². The number of carboxylic acids is 1. The second-order valence-corrected chi connectivity index (χ2v) is 10.1. The summed E-state index contributed by atoms with van der Waals surface area (Å²) in [4.78, 5) is 49.8.